The van der Waals surface area contributed by atoms with Gasteiger partial charge in [0.15, 0.2) is 11.6 Å². The zero-order valence-corrected chi connectivity index (χ0v) is 11.9. The molecule has 18 heavy (non-hydrogen) atoms. The summed E-state index contributed by atoms with van der Waals surface area (Å²) in [6.07, 6.45) is 2.60. The van der Waals surface area contributed by atoms with Crippen molar-refractivity contribution in [1.82, 2.24) is 0 Å². The predicted molar refractivity (Wildman–Crippen MR) is 72.5 cm³/mol. The van der Waals surface area contributed by atoms with Crippen molar-refractivity contribution < 1.29 is 9.59 Å². The molecule has 2 nitrogen and oxygen atoms in total. The second-order valence-electron chi connectivity index (χ2n) is 5.45. The number of benzene rings is 1. The van der Waals surface area contributed by atoms with E-state index in [-0.39, 0.29) is 23.4 Å². The van der Waals surface area contributed by atoms with Gasteiger partial charge in [0, 0.05) is 16.3 Å². The van der Waals surface area contributed by atoms with Crippen LogP contribution in [0.2, 0.25) is 0 Å². The van der Waals surface area contributed by atoms with Crippen molar-refractivity contribution in [2.45, 2.75) is 32.1 Å². The van der Waals surface area contributed by atoms with E-state index in [1.807, 2.05) is 25.1 Å². The molecule has 2 unspecified atom stereocenters. The summed E-state index contributed by atoms with van der Waals surface area (Å²) in [7, 11) is 0. The van der Waals surface area contributed by atoms with Gasteiger partial charge in [0.2, 0.25) is 0 Å². The molecule has 2 aliphatic carbocycles. The number of Topliss-reactive ketones (excluding diaryl/α,β-unsaturated/α-hetero) is 2. The Kier molecular flexibility index (Phi) is 2.89. The molecule has 0 saturated heterocycles. The third kappa shape index (κ3) is 1.76. The van der Waals surface area contributed by atoms with Crippen LogP contribution in [0.1, 0.15) is 36.3 Å². The highest BCUT2D eigenvalue weighted by molar-refractivity contribution is 9.10. The normalized spacial score (nSPS) is 30.9. The summed E-state index contributed by atoms with van der Waals surface area (Å²) >= 11 is 3.43. The number of hydrogen-bond acceptors (Lipinski definition) is 2. The van der Waals surface area contributed by atoms with Crippen LogP contribution >= 0.6 is 15.9 Å². The van der Waals surface area contributed by atoms with Gasteiger partial charge in [-0.15, -0.1) is 0 Å². The molecule has 0 heterocycles. The van der Waals surface area contributed by atoms with Gasteiger partial charge in [-0.05, 0) is 49.4 Å². The van der Waals surface area contributed by atoms with E-state index in [4.69, 9.17) is 0 Å². The van der Waals surface area contributed by atoms with Gasteiger partial charge in [0.25, 0.3) is 0 Å². The maximum absolute atomic E-state index is 12.4. The molecule has 0 aliphatic heterocycles. The molecular formula is C15H15BrO2. The minimum atomic E-state index is -0.506. The molecule has 3 heteroatoms. The van der Waals surface area contributed by atoms with Gasteiger partial charge >= 0.3 is 0 Å². The Balaban J connectivity index is 2.07. The molecule has 0 spiro atoms. The van der Waals surface area contributed by atoms with Crippen molar-refractivity contribution in [3.63, 3.8) is 0 Å². The number of rotatable bonds is 1. The molecule has 0 aromatic heterocycles. The lowest BCUT2D eigenvalue weighted by Crippen LogP contribution is -2.35. The first kappa shape index (κ1) is 12.1. The molecule has 2 atom stereocenters. The topological polar surface area (TPSA) is 34.1 Å². The summed E-state index contributed by atoms with van der Waals surface area (Å²) in [6, 6.07) is 5.85. The van der Waals surface area contributed by atoms with Gasteiger partial charge in [-0.25, -0.2) is 0 Å². The zero-order chi connectivity index (χ0) is 12.9. The number of carbonyl (C=O) groups excluding carboxylic acids is 2. The first-order valence-electron chi connectivity index (χ1n) is 6.41. The highest BCUT2D eigenvalue weighted by Crippen LogP contribution is 2.44. The highest BCUT2D eigenvalue weighted by Gasteiger charge is 2.47. The van der Waals surface area contributed by atoms with E-state index in [1.165, 1.54) is 0 Å². The molecule has 2 fully saturated rings. The van der Waals surface area contributed by atoms with Crippen molar-refractivity contribution in [1.29, 1.82) is 0 Å². The third-order valence-electron chi connectivity index (χ3n) is 4.36. The Morgan fingerprint density at radius 2 is 1.72 bits per heavy atom. The maximum atomic E-state index is 12.4. The van der Waals surface area contributed by atoms with Gasteiger partial charge in [-0.1, -0.05) is 22.0 Å². The molecule has 2 saturated carbocycles. The van der Waals surface area contributed by atoms with Crippen molar-refractivity contribution in [3.8, 4) is 0 Å². The van der Waals surface area contributed by atoms with E-state index in [0.717, 1.165) is 34.9 Å². The fraction of sp³-hybridized carbons (Fsp3) is 0.467. The van der Waals surface area contributed by atoms with Crippen LogP contribution in [0, 0.1) is 18.8 Å². The summed E-state index contributed by atoms with van der Waals surface area (Å²) in [4.78, 5) is 24.8. The lowest BCUT2D eigenvalue weighted by molar-refractivity contribution is -0.135. The molecule has 0 N–H and O–H groups in total. The molecule has 94 valence electrons. The van der Waals surface area contributed by atoms with E-state index in [9.17, 15) is 9.59 Å². The molecule has 0 radical (unpaired) electrons. The predicted octanol–water partition coefficient (Wildman–Crippen LogP) is 3.41. The van der Waals surface area contributed by atoms with Crippen LogP contribution in [-0.2, 0) is 9.59 Å². The maximum Gasteiger partial charge on any atom is 0.150 e. The minimum absolute atomic E-state index is 0.121. The highest BCUT2D eigenvalue weighted by atomic mass is 79.9. The third-order valence-corrected chi connectivity index (χ3v) is 4.85. The first-order valence-corrected chi connectivity index (χ1v) is 7.20. The van der Waals surface area contributed by atoms with Crippen LogP contribution in [0.15, 0.2) is 22.7 Å². The van der Waals surface area contributed by atoms with Crippen molar-refractivity contribution in [2.75, 3.05) is 0 Å². The van der Waals surface area contributed by atoms with Crippen LogP contribution in [0.25, 0.3) is 0 Å². The molecule has 1 aromatic rings. The fourth-order valence-corrected chi connectivity index (χ4v) is 3.72. The summed E-state index contributed by atoms with van der Waals surface area (Å²) < 4.78 is 0.932. The average Bonchev–Trinajstić information content (AvgIpc) is 2.78. The lowest BCUT2D eigenvalue weighted by Gasteiger charge is -2.26. The quantitative estimate of drug-likeness (QED) is 0.745. The smallest absolute Gasteiger partial charge is 0.150 e. The Bertz CT molecular complexity index is 513. The minimum Gasteiger partial charge on any atom is -0.298 e. The van der Waals surface area contributed by atoms with Crippen LogP contribution in [0.5, 0.6) is 0 Å². The SMILES string of the molecule is Cc1ccc(Br)cc1C1C(=O)C2CCC(C2)C1=O. The van der Waals surface area contributed by atoms with E-state index >= 15 is 0 Å². The van der Waals surface area contributed by atoms with E-state index < -0.39 is 5.92 Å². The van der Waals surface area contributed by atoms with Crippen molar-refractivity contribution >= 4 is 27.5 Å². The largest absolute Gasteiger partial charge is 0.298 e. The van der Waals surface area contributed by atoms with Crippen LogP contribution in [-0.4, -0.2) is 11.6 Å². The van der Waals surface area contributed by atoms with Gasteiger partial charge in [-0.3, -0.25) is 9.59 Å². The van der Waals surface area contributed by atoms with E-state index in [1.54, 1.807) is 0 Å². The van der Waals surface area contributed by atoms with Crippen LogP contribution in [0.4, 0.5) is 0 Å². The summed E-state index contributed by atoms with van der Waals surface area (Å²) in [5.41, 5.74) is 1.93. The number of carbonyl (C=O) groups is 2. The number of aryl methyl sites for hydroxylation is 1. The summed E-state index contributed by atoms with van der Waals surface area (Å²) in [5.74, 6) is 0.0332. The monoisotopic (exact) mass is 306 g/mol. The van der Waals surface area contributed by atoms with E-state index in [0.29, 0.717) is 0 Å². The van der Waals surface area contributed by atoms with Gasteiger partial charge in [0.1, 0.15) is 5.92 Å². The number of ketones is 2. The number of halogens is 1. The van der Waals surface area contributed by atoms with Crippen LogP contribution < -0.4 is 0 Å². The second kappa shape index (κ2) is 4.30. The fourth-order valence-electron chi connectivity index (χ4n) is 3.34. The van der Waals surface area contributed by atoms with Gasteiger partial charge in [-0.2, -0.15) is 0 Å². The van der Waals surface area contributed by atoms with Crippen molar-refractivity contribution in [2.24, 2.45) is 11.8 Å². The van der Waals surface area contributed by atoms with Gasteiger partial charge < -0.3 is 0 Å². The summed E-state index contributed by atoms with van der Waals surface area (Å²) in [6.45, 7) is 1.97. The Morgan fingerprint density at radius 1 is 1.11 bits per heavy atom. The Hall–Kier alpha value is -0.960. The number of fused-ring (bicyclic) bond motifs is 2. The van der Waals surface area contributed by atoms with Crippen molar-refractivity contribution in [3.05, 3.63) is 33.8 Å². The summed E-state index contributed by atoms with van der Waals surface area (Å²) in [5, 5.41) is 0. The molecular weight excluding hydrogens is 292 g/mol. The number of hydrogen-bond donors (Lipinski definition) is 0. The molecule has 2 bridgehead atoms. The standard InChI is InChI=1S/C15H15BrO2/c1-8-2-5-11(16)7-12(8)13-14(17)9-3-4-10(6-9)15(13)18/h2,5,7,9-10,13H,3-4,6H2,1H3. The molecule has 3 rings (SSSR count). The Labute approximate surface area is 115 Å². The molecule has 2 aliphatic rings. The van der Waals surface area contributed by atoms with Gasteiger partial charge in [0.05, 0.1) is 0 Å². The van der Waals surface area contributed by atoms with E-state index in [2.05, 4.69) is 15.9 Å². The lowest BCUT2D eigenvalue weighted by atomic mass is 9.74. The average molecular weight is 307 g/mol. The molecule has 1 aromatic carbocycles. The first-order chi connectivity index (χ1) is 8.58. The Morgan fingerprint density at radius 3 is 2.33 bits per heavy atom. The zero-order valence-electron chi connectivity index (χ0n) is 10.3. The molecule has 0 amide bonds. The second-order valence-corrected chi connectivity index (χ2v) is 6.36. The van der Waals surface area contributed by atoms with Crippen LogP contribution in [0.3, 0.4) is 0 Å².